The predicted octanol–water partition coefficient (Wildman–Crippen LogP) is 4.40. The Morgan fingerprint density at radius 2 is 2.00 bits per heavy atom. The number of aliphatic hydroxyl groups is 1. The van der Waals surface area contributed by atoms with Gasteiger partial charge in [-0.2, -0.15) is 5.10 Å². The number of H-pyrrole nitrogens is 1. The number of methoxy groups -OCH3 is 1. The molecule has 176 valence electrons. The molecule has 0 saturated heterocycles. The first kappa shape index (κ1) is 24.3. The van der Waals surface area contributed by atoms with Crippen LogP contribution in [0, 0.1) is 5.82 Å². The molecule has 2 amide bonds. The highest BCUT2D eigenvalue weighted by atomic mass is 35.5. The molecule has 0 bridgehead atoms. The number of carbonyl (C=O) groups excluding carboxylic acids is 1. The van der Waals surface area contributed by atoms with E-state index in [4.69, 9.17) is 16.3 Å². The summed E-state index contributed by atoms with van der Waals surface area (Å²) in [4.78, 5) is 22.1. The lowest BCUT2D eigenvalue weighted by Gasteiger charge is -2.25. The van der Waals surface area contributed by atoms with E-state index in [2.05, 4.69) is 25.5 Å². The molecule has 2 aromatic heterocycles. The van der Waals surface area contributed by atoms with Crippen molar-refractivity contribution < 1.29 is 27.8 Å². The minimum atomic E-state index is -2.93. The number of halogens is 4. The van der Waals surface area contributed by atoms with Gasteiger partial charge in [0, 0.05) is 11.3 Å². The van der Waals surface area contributed by atoms with Crippen LogP contribution in [-0.4, -0.2) is 38.4 Å². The molecule has 0 saturated carbocycles. The Balaban J connectivity index is 2.00. The summed E-state index contributed by atoms with van der Waals surface area (Å²) in [6.07, 6.45) is -0.360. The maximum absolute atomic E-state index is 13.5. The number of ether oxygens (including phenoxy) is 1. The Morgan fingerprint density at radius 3 is 2.55 bits per heavy atom. The monoisotopic (exact) mass is 484 g/mol. The van der Waals surface area contributed by atoms with Crippen molar-refractivity contribution in [2.45, 2.75) is 32.4 Å². The summed E-state index contributed by atoms with van der Waals surface area (Å²) in [6, 6.07) is 2.89. The van der Waals surface area contributed by atoms with Crippen LogP contribution in [0.5, 0.6) is 6.01 Å². The average Bonchev–Trinajstić information content (AvgIpc) is 3.19. The molecule has 0 atom stereocenters. The molecular formula is C20H20ClF3N6O3. The van der Waals surface area contributed by atoms with E-state index in [1.807, 2.05) is 0 Å². The number of hydrogen-bond donors (Lipinski definition) is 3. The SMILES string of the molecule is COc1ncc(N(Cc2n[nH]c(C(F)F)c2C(C)(C)O)C(=O)Nc2ccc(F)c(Cl)c2)cn1. The summed E-state index contributed by atoms with van der Waals surface area (Å²) in [5, 5.41) is 18.9. The molecule has 0 unspecified atom stereocenters. The van der Waals surface area contributed by atoms with Crippen molar-refractivity contribution in [2.75, 3.05) is 17.3 Å². The molecule has 3 aromatic rings. The lowest BCUT2D eigenvalue weighted by Crippen LogP contribution is -2.36. The van der Waals surface area contributed by atoms with Gasteiger partial charge in [0.25, 0.3) is 6.43 Å². The van der Waals surface area contributed by atoms with Crippen LogP contribution < -0.4 is 15.0 Å². The van der Waals surface area contributed by atoms with E-state index in [1.165, 1.54) is 45.5 Å². The molecular weight excluding hydrogens is 465 g/mol. The molecule has 0 radical (unpaired) electrons. The summed E-state index contributed by atoms with van der Waals surface area (Å²) in [7, 11) is 1.36. The second-order valence-electron chi connectivity index (χ2n) is 7.39. The summed E-state index contributed by atoms with van der Waals surface area (Å²) >= 11 is 5.77. The zero-order valence-electron chi connectivity index (χ0n) is 17.7. The zero-order valence-corrected chi connectivity index (χ0v) is 18.5. The number of benzene rings is 1. The first-order valence-electron chi connectivity index (χ1n) is 9.49. The van der Waals surface area contributed by atoms with Crippen molar-refractivity contribution in [3.63, 3.8) is 0 Å². The van der Waals surface area contributed by atoms with Gasteiger partial charge in [-0.1, -0.05) is 11.6 Å². The van der Waals surface area contributed by atoms with Gasteiger partial charge in [-0.25, -0.2) is 27.9 Å². The van der Waals surface area contributed by atoms with Gasteiger partial charge >= 0.3 is 12.0 Å². The van der Waals surface area contributed by atoms with E-state index in [0.717, 1.165) is 11.0 Å². The highest BCUT2D eigenvalue weighted by Crippen LogP contribution is 2.33. The minimum absolute atomic E-state index is 0.000839. The molecule has 0 spiro atoms. The van der Waals surface area contributed by atoms with E-state index in [0.29, 0.717) is 0 Å². The number of aromatic amines is 1. The number of hydrogen-bond acceptors (Lipinski definition) is 6. The Bertz CT molecular complexity index is 1140. The second kappa shape index (κ2) is 9.63. The molecule has 3 N–H and O–H groups in total. The van der Waals surface area contributed by atoms with Crippen LogP contribution in [0.15, 0.2) is 30.6 Å². The highest BCUT2D eigenvalue weighted by Gasteiger charge is 2.32. The topological polar surface area (TPSA) is 116 Å². The first-order chi connectivity index (χ1) is 15.5. The summed E-state index contributed by atoms with van der Waals surface area (Å²) in [5.41, 5.74) is -2.03. The number of amides is 2. The van der Waals surface area contributed by atoms with Gasteiger partial charge in [0.05, 0.1) is 48.1 Å². The van der Waals surface area contributed by atoms with E-state index < -0.39 is 29.6 Å². The molecule has 0 aliphatic heterocycles. The van der Waals surface area contributed by atoms with Crippen molar-refractivity contribution >= 4 is 29.0 Å². The van der Waals surface area contributed by atoms with Crippen molar-refractivity contribution in [1.29, 1.82) is 0 Å². The fourth-order valence-corrected chi connectivity index (χ4v) is 3.28. The lowest BCUT2D eigenvalue weighted by molar-refractivity contribution is 0.0688. The fourth-order valence-electron chi connectivity index (χ4n) is 3.10. The van der Waals surface area contributed by atoms with Crippen LogP contribution >= 0.6 is 11.6 Å². The summed E-state index contributed by atoms with van der Waals surface area (Å²) in [6.45, 7) is 2.32. The number of alkyl halides is 2. The molecule has 33 heavy (non-hydrogen) atoms. The van der Waals surface area contributed by atoms with E-state index in [1.54, 1.807) is 0 Å². The average molecular weight is 485 g/mol. The van der Waals surface area contributed by atoms with Crippen LogP contribution in [0.25, 0.3) is 0 Å². The molecule has 13 heteroatoms. The van der Waals surface area contributed by atoms with Crippen molar-refractivity contribution in [3.8, 4) is 6.01 Å². The van der Waals surface area contributed by atoms with Crippen molar-refractivity contribution in [2.24, 2.45) is 0 Å². The van der Waals surface area contributed by atoms with E-state index in [9.17, 15) is 23.1 Å². The maximum atomic E-state index is 13.5. The maximum Gasteiger partial charge on any atom is 0.326 e. The number of nitrogens with one attached hydrogen (secondary N) is 2. The van der Waals surface area contributed by atoms with E-state index >= 15 is 0 Å². The fraction of sp³-hybridized carbons (Fsp3) is 0.300. The number of nitrogens with zero attached hydrogens (tertiary/aromatic N) is 4. The second-order valence-corrected chi connectivity index (χ2v) is 7.80. The largest absolute Gasteiger partial charge is 0.467 e. The molecule has 3 rings (SSSR count). The first-order valence-corrected chi connectivity index (χ1v) is 9.86. The third kappa shape index (κ3) is 5.52. The van der Waals surface area contributed by atoms with Crippen molar-refractivity contribution in [3.05, 3.63) is 58.4 Å². The molecule has 0 fully saturated rings. The minimum Gasteiger partial charge on any atom is -0.467 e. The van der Waals surface area contributed by atoms with Crippen LogP contribution in [0.3, 0.4) is 0 Å². The number of carbonyl (C=O) groups is 1. The normalized spacial score (nSPS) is 11.5. The Labute approximate surface area is 191 Å². The van der Waals surface area contributed by atoms with Gasteiger partial charge in [0.15, 0.2) is 0 Å². The number of urea groups is 1. The van der Waals surface area contributed by atoms with Crippen LogP contribution in [-0.2, 0) is 12.1 Å². The number of rotatable bonds is 7. The van der Waals surface area contributed by atoms with Gasteiger partial charge in [-0.05, 0) is 32.0 Å². The quantitative estimate of drug-likeness (QED) is 0.457. The Kier molecular flexibility index (Phi) is 7.08. The molecule has 2 heterocycles. The molecule has 0 aliphatic carbocycles. The zero-order chi connectivity index (χ0) is 24.3. The van der Waals surface area contributed by atoms with Gasteiger partial charge in [-0.3, -0.25) is 10.00 Å². The van der Waals surface area contributed by atoms with Gasteiger partial charge in [0.2, 0.25) is 0 Å². The molecule has 9 nitrogen and oxygen atoms in total. The van der Waals surface area contributed by atoms with Gasteiger partial charge in [-0.15, -0.1) is 0 Å². The summed E-state index contributed by atoms with van der Waals surface area (Å²) < 4.78 is 45.3. The standard InChI is InChI=1S/C20H20ClF3N6O3/c1-20(2,32)15-14(28-29-16(15)17(23)24)9-30(11-7-25-18(33-3)26-8-11)19(31)27-10-4-5-13(22)12(21)6-10/h4-8,17,32H,9H2,1-3H3,(H,27,31)(H,28,29). The van der Waals surface area contributed by atoms with Crippen molar-refractivity contribution in [1.82, 2.24) is 20.2 Å². The summed E-state index contributed by atoms with van der Waals surface area (Å²) in [5.74, 6) is -0.666. The van der Waals surface area contributed by atoms with Crippen LogP contribution in [0.2, 0.25) is 5.02 Å². The van der Waals surface area contributed by atoms with Gasteiger partial charge in [0.1, 0.15) is 11.5 Å². The Hall–Kier alpha value is -3.38. The number of aromatic nitrogens is 4. The number of anilines is 2. The predicted molar refractivity (Wildman–Crippen MR) is 114 cm³/mol. The molecule has 1 aromatic carbocycles. The third-order valence-corrected chi connectivity index (χ3v) is 4.82. The smallest absolute Gasteiger partial charge is 0.326 e. The molecule has 0 aliphatic rings. The van der Waals surface area contributed by atoms with Crippen LogP contribution in [0.1, 0.15) is 37.2 Å². The van der Waals surface area contributed by atoms with Crippen LogP contribution in [0.4, 0.5) is 29.3 Å². The Morgan fingerprint density at radius 1 is 1.33 bits per heavy atom. The van der Waals surface area contributed by atoms with E-state index in [-0.39, 0.29) is 40.2 Å². The third-order valence-electron chi connectivity index (χ3n) is 4.53. The lowest BCUT2D eigenvalue weighted by atomic mass is 9.95. The highest BCUT2D eigenvalue weighted by molar-refractivity contribution is 6.31. The van der Waals surface area contributed by atoms with Gasteiger partial charge < -0.3 is 15.2 Å².